The summed E-state index contributed by atoms with van der Waals surface area (Å²) in [7, 11) is 0. The summed E-state index contributed by atoms with van der Waals surface area (Å²) < 4.78 is 0. The van der Waals surface area contributed by atoms with Gasteiger partial charge in [0.2, 0.25) is 0 Å². The lowest BCUT2D eigenvalue weighted by Gasteiger charge is -2.33. The highest BCUT2D eigenvalue weighted by atomic mass is 15.2. The Hall–Kier alpha value is -1.16. The first kappa shape index (κ1) is 13.8. The largest absolute Gasteiger partial charge is 0.356 e. The fourth-order valence-electron chi connectivity index (χ4n) is 2.82. The number of piperidine rings is 1. The minimum atomic E-state index is 0.467. The third-order valence-corrected chi connectivity index (χ3v) is 4.48. The van der Waals surface area contributed by atoms with Crippen molar-refractivity contribution in [2.75, 3.05) is 24.5 Å². The Bertz CT molecular complexity index is 434. The molecule has 1 aliphatic carbocycles. The van der Waals surface area contributed by atoms with E-state index in [0.29, 0.717) is 12.0 Å². The van der Waals surface area contributed by atoms with E-state index in [0.717, 1.165) is 30.5 Å². The Morgan fingerprint density at radius 3 is 2.60 bits per heavy atom. The van der Waals surface area contributed by atoms with Gasteiger partial charge in [0.15, 0.2) is 0 Å². The van der Waals surface area contributed by atoms with E-state index in [1.165, 1.54) is 32.2 Å². The van der Waals surface area contributed by atoms with Crippen LogP contribution in [0.4, 0.5) is 5.82 Å². The molecular weight excluding hydrogens is 248 g/mol. The van der Waals surface area contributed by atoms with Gasteiger partial charge in [0.05, 0.1) is 0 Å². The first-order valence-corrected chi connectivity index (χ1v) is 8.02. The maximum atomic E-state index is 4.45. The Morgan fingerprint density at radius 2 is 1.95 bits per heavy atom. The second-order valence-corrected chi connectivity index (χ2v) is 6.57. The standard InChI is InChI=1S/C16H26N4/c1-12(2)15-9-16(19-11-18-15)20-7-5-14(6-8-20)17-10-13-3-4-13/h9,11-14,17H,3-8,10H2,1-2H3. The van der Waals surface area contributed by atoms with Crippen LogP contribution in [-0.2, 0) is 0 Å². The number of nitrogens with one attached hydrogen (secondary N) is 1. The van der Waals surface area contributed by atoms with Crippen LogP contribution in [0.5, 0.6) is 0 Å². The van der Waals surface area contributed by atoms with Crippen LogP contribution in [0.1, 0.15) is 51.1 Å². The predicted molar refractivity (Wildman–Crippen MR) is 82.1 cm³/mol. The van der Waals surface area contributed by atoms with Crippen LogP contribution in [0.2, 0.25) is 0 Å². The van der Waals surface area contributed by atoms with Gasteiger partial charge in [0.1, 0.15) is 12.1 Å². The molecule has 1 saturated heterocycles. The molecule has 2 aliphatic rings. The van der Waals surface area contributed by atoms with E-state index < -0.39 is 0 Å². The molecule has 0 atom stereocenters. The van der Waals surface area contributed by atoms with Crippen molar-refractivity contribution in [1.82, 2.24) is 15.3 Å². The summed E-state index contributed by atoms with van der Waals surface area (Å²) in [5.74, 6) is 2.54. The van der Waals surface area contributed by atoms with Gasteiger partial charge in [-0.15, -0.1) is 0 Å². The number of nitrogens with zero attached hydrogens (tertiary/aromatic N) is 3. The maximum Gasteiger partial charge on any atom is 0.132 e. The van der Waals surface area contributed by atoms with Crippen molar-refractivity contribution in [2.45, 2.75) is 51.5 Å². The summed E-state index contributed by atoms with van der Waals surface area (Å²) in [6.07, 6.45) is 7.04. The molecule has 0 unspecified atom stereocenters. The summed E-state index contributed by atoms with van der Waals surface area (Å²) in [6, 6.07) is 2.86. The molecule has 0 aromatic carbocycles. The second-order valence-electron chi connectivity index (χ2n) is 6.57. The highest BCUT2D eigenvalue weighted by Crippen LogP contribution is 2.28. The molecular formula is C16H26N4. The summed E-state index contributed by atoms with van der Waals surface area (Å²) >= 11 is 0. The lowest BCUT2D eigenvalue weighted by atomic mass is 10.0. The fraction of sp³-hybridized carbons (Fsp3) is 0.750. The molecule has 2 fully saturated rings. The second kappa shape index (κ2) is 6.08. The van der Waals surface area contributed by atoms with E-state index in [1.54, 1.807) is 6.33 Å². The fourth-order valence-corrected chi connectivity index (χ4v) is 2.82. The van der Waals surface area contributed by atoms with Crippen LogP contribution in [0.3, 0.4) is 0 Å². The first-order valence-electron chi connectivity index (χ1n) is 8.02. The van der Waals surface area contributed by atoms with Crippen LogP contribution >= 0.6 is 0 Å². The Morgan fingerprint density at radius 1 is 1.20 bits per heavy atom. The minimum absolute atomic E-state index is 0.467. The van der Waals surface area contributed by atoms with Gasteiger partial charge in [-0.1, -0.05) is 13.8 Å². The molecule has 4 heteroatoms. The van der Waals surface area contributed by atoms with Crippen molar-refractivity contribution >= 4 is 5.82 Å². The van der Waals surface area contributed by atoms with E-state index in [1.807, 2.05) is 0 Å². The van der Waals surface area contributed by atoms with E-state index in [4.69, 9.17) is 0 Å². The quantitative estimate of drug-likeness (QED) is 0.896. The molecule has 1 N–H and O–H groups in total. The molecule has 0 radical (unpaired) electrons. The summed E-state index contributed by atoms with van der Waals surface area (Å²) in [6.45, 7) is 7.81. The monoisotopic (exact) mass is 274 g/mol. The summed E-state index contributed by atoms with van der Waals surface area (Å²) in [5.41, 5.74) is 1.14. The lowest BCUT2D eigenvalue weighted by molar-refractivity contribution is 0.407. The Balaban J connectivity index is 1.52. The van der Waals surface area contributed by atoms with Gasteiger partial charge < -0.3 is 10.2 Å². The smallest absolute Gasteiger partial charge is 0.132 e. The molecule has 20 heavy (non-hydrogen) atoms. The highest BCUT2D eigenvalue weighted by molar-refractivity contribution is 5.40. The van der Waals surface area contributed by atoms with E-state index in [2.05, 4.69) is 40.1 Å². The zero-order chi connectivity index (χ0) is 13.9. The van der Waals surface area contributed by atoms with Gasteiger partial charge in [-0.25, -0.2) is 9.97 Å². The van der Waals surface area contributed by atoms with Gasteiger partial charge in [-0.05, 0) is 44.1 Å². The van der Waals surface area contributed by atoms with Crippen LogP contribution in [0.25, 0.3) is 0 Å². The molecule has 3 rings (SSSR count). The third-order valence-electron chi connectivity index (χ3n) is 4.48. The molecule has 0 bridgehead atoms. The van der Waals surface area contributed by atoms with E-state index in [-0.39, 0.29) is 0 Å². The molecule has 1 saturated carbocycles. The molecule has 2 heterocycles. The SMILES string of the molecule is CC(C)c1cc(N2CCC(NCC3CC3)CC2)ncn1. The third kappa shape index (κ3) is 3.48. The Kier molecular flexibility index (Phi) is 4.20. The molecule has 1 aliphatic heterocycles. The van der Waals surface area contributed by atoms with Gasteiger partial charge in [0, 0.05) is 30.9 Å². The van der Waals surface area contributed by atoms with Crippen molar-refractivity contribution in [1.29, 1.82) is 0 Å². The molecule has 0 amide bonds. The minimum Gasteiger partial charge on any atom is -0.356 e. The van der Waals surface area contributed by atoms with Crippen LogP contribution in [-0.4, -0.2) is 35.6 Å². The van der Waals surface area contributed by atoms with Crippen LogP contribution < -0.4 is 10.2 Å². The van der Waals surface area contributed by atoms with E-state index >= 15 is 0 Å². The molecule has 0 spiro atoms. The summed E-state index contributed by atoms with van der Waals surface area (Å²) in [5, 5.41) is 3.73. The maximum absolute atomic E-state index is 4.45. The average molecular weight is 274 g/mol. The number of anilines is 1. The number of rotatable bonds is 5. The van der Waals surface area contributed by atoms with Crippen molar-refractivity contribution in [3.05, 3.63) is 18.1 Å². The molecule has 1 aromatic rings. The molecule has 1 aromatic heterocycles. The summed E-state index contributed by atoms with van der Waals surface area (Å²) in [4.78, 5) is 11.2. The Labute approximate surface area is 122 Å². The number of hydrogen-bond donors (Lipinski definition) is 1. The van der Waals surface area contributed by atoms with Crippen LogP contribution in [0, 0.1) is 5.92 Å². The number of aromatic nitrogens is 2. The van der Waals surface area contributed by atoms with E-state index in [9.17, 15) is 0 Å². The van der Waals surface area contributed by atoms with Crippen LogP contribution in [0.15, 0.2) is 12.4 Å². The topological polar surface area (TPSA) is 41.0 Å². The van der Waals surface area contributed by atoms with Gasteiger partial charge in [-0.2, -0.15) is 0 Å². The van der Waals surface area contributed by atoms with Crippen molar-refractivity contribution in [3.63, 3.8) is 0 Å². The zero-order valence-corrected chi connectivity index (χ0v) is 12.7. The van der Waals surface area contributed by atoms with Crippen molar-refractivity contribution < 1.29 is 0 Å². The highest BCUT2D eigenvalue weighted by Gasteiger charge is 2.24. The molecule has 4 nitrogen and oxygen atoms in total. The predicted octanol–water partition coefficient (Wildman–Crippen LogP) is 2.57. The molecule has 110 valence electrons. The number of hydrogen-bond acceptors (Lipinski definition) is 4. The van der Waals surface area contributed by atoms with Gasteiger partial charge in [-0.3, -0.25) is 0 Å². The average Bonchev–Trinajstić information content (AvgIpc) is 3.30. The normalized spacial score (nSPS) is 20.6. The van der Waals surface area contributed by atoms with Crippen molar-refractivity contribution in [2.24, 2.45) is 5.92 Å². The zero-order valence-electron chi connectivity index (χ0n) is 12.7. The van der Waals surface area contributed by atoms with Gasteiger partial charge in [0.25, 0.3) is 0 Å². The lowest BCUT2D eigenvalue weighted by Crippen LogP contribution is -2.43. The van der Waals surface area contributed by atoms with Crippen molar-refractivity contribution in [3.8, 4) is 0 Å². The first-order chi connectivity index (χ1) is 9.72. The van der Waals surface area contributed by atoms with Gasteiger partial charge >= 0.3 is 0 Å².